The number of nitrogens with zero attached hydrogens (tertiary/aromatic N) is 3. The van der Waals surface area contributed by atoms with Gasteiger partial charge in [-0.05, 0) is 0 Å². The van der Waals surface area contributed by atoms with Gasteiger partial charge in [0.2, 0.25) is 0 Å². The number of anilines is 1. The maximum atomic E-state index is 13.9. The molecule has 1 aromatic rings. The lowest BCUT2D eigenvalue weighted by Crippen LogP contribution is -2.47. The molecule has 0 radical (unpaired) electrons. The lowest BCUT2D eigenvalue weighted by molar-refractivity contribution is -0.385. The Morgan fingerprint density at radius 1 is 1.24 bits per heavy atom. The summed E-state index contributed by atoms with van der Waals surface area (Å²) in [4.78, 5) is 13.5. The Balaban J connectivity index is 2.08. The van der Waals surface area contributed by atoms with Crippen LogP contribution in [-0.2, 0) is 4.74 Å². The first-order chi connectivity index (χ1) is 10.0. The fourth-order valence-corrected chi connectivity index (χ4v) is 2.38. The van der Waals surface area contributed by atoms with Crippen LogP contribution in [0.15, 0.2) is 12.1 Å². The van der Waals surface area contributed by atoms with Crippen LogP contribution >= 0.6 is 0 Å². The summed E-state index contributed by atoms with van der Waals surface area (Å²) in [5.41, 5.74) is -0.764. The predicted molar refractivity (Wildman–Crippen MR) is 73.5 cm³/mol. The highest BCUT2D eigenvalue weighted by Crippen LogP contribution is 2.28. The smallest absolute Gasteiger partial charge is 0.275 e. The van der Waals surface area contributed by atoms with Crippen LogP contribution in [0.1, 0.15) is 0 Å². The highest BCUT2D eigenvalue weighted by atomic mass is 19.1. The standard InChI is InChI=1S/C13H17F2N3O3/c1-21-7-6-16-2-4-17(5-3-16)13-11(14)8-10(18(19)20)9-12(13)15/h8-9H,2-7H2,1H3. The van der Waals surface area contributed by atoms with E-state index in [2.05, 4.69) is 4.90 Å². The van der Waals surface area contributed by atoms with Gasteiger partial charge >= 0.3 is 0 Å². The second-order valence-electron chi connectivity index (χ2n) is 4.84. The van der Waals surface area contributed by atoms with Gasteiger partial charge in [-0.3, -0.25) is 15.0 Å². The molecule has 116 valence electrons. The van der Waals surface area contributed by atoms with Crippen molar-refractivity contribution in [1.82, 2.24) is 4.90 Å². The van der Waals surface area contributed by atoms with Crippen molar-refractivity contribution < 1.29 is 18.4 Å². The van der Waals surface area contributed by atoms with E-state index in [1.54, 1.807) is 12.0 Å². The van der Waals surface area contributed by atoms with Gasteiger partial charge in [0, 0.05) is 39.8 Å². The summed E-state index contributed by atoms with van der Waals surface area (Å²) in [6.45, 7) is 3.65. The highest BCUT2D eigenvalue weighted by Gasteiger charge is 2.24. The molecule has 0 bridgehead atoms. The molecule has 2 rings (SSSR count). The van der Waals surface area contributed by atoms with E-state index in [0.29, 0.717) is 32.8 Å². The lowest BCUT2D eigenvalue weighted by Gasteiger charge is -2.36. The molecule has 1 aliphatic rings. The zero-order valence-electron chi connectivity index (χ0n) is 11.7. The summed E-state index contributed by atoms with van der Waals surface area (Å²) in [5.74, 6) is -1.79. The summed E-state index contributed by atoms with van der Waals surface area (Å²) in [7, 11) is 1.62. The average molecular weight is 301 g/mol. The van der Waals surface area contributed by atoms with Crippen molar-refractivity contribution in [1.29, 1.82) is 0 Å². The van der Waals surface area contributed by atoms with Crippen molar-refractivity contribution in [2.45, 2.75) is 0 Å². The quantitative estimate of drug-likeness (QED) is 0.611. The summed E-state index contributed by atoms with van der Waals surface area (Å²) >= 11 is 0. The zero-order valence-corrected chi connectivity index (χ0v) is 11.7. The molecule has 0 unspecified atom stereocenters. The van der Waals surface area contributed by atoms with E-state index < -0.39 is 22.2 Å². The maximum Gasteiger partial charge on any atom is 0.275 e. The third kappa shape index (κ3) is 3.64. The Hall–Kier alpha value is -1.80. The van der Waals surface area contributed by atoms with Gasteiger partial charge in [0.05, 0.1) is 23.7 Å². The number of non-ortho nitro benzene ring substituents is 1. The van der Waals surface area contributed by atoms with Crippen molar-refractivity contribution in [3.05, 3.63) is 33.9 Å². The molecular weight excluding hydrogens is 284 g/mol. The fraction of sp³-hybridized carbons (Fsp3) is 0.538. The van der Waals surface area contributed by atoms with Crippen molar-refractivity contribution >= 4 is 11.4 Å². The van der Waals surface area contributed by atoms with Gasteiger partial charge in [0.1, 0.15) is 5.69 Å². The van der Waals surface area contributed by atoms with Crippen LogP contribution < -0.4 is 4.90 Å². The minimum absolute atomic E-state index is 0.188. The molecule has 0 amide bonds. The lowest BCUT2D eigenvalue weighted by atomic mass is 10.2. The molecule has 1 saturated heterocycles. The molecule has 0 saturated carbocycles. The van der Waals surface area contributed by atoms with Crippen LogP contribution in [0.4, 0.5) is 20.2 Å². The Bertz CT molecular complexity index is 496. The van der Waals surface area contributed by atoms with E-state index >= 15 is 0 Å². The minimum atomic E-state index is -0.896. The number of hydrogen-bond donors (Lipinski definition) is 0. The van der Waals surface area contributed by atoms with Gasteiger partial charge in [0.25, 0.3) is 5.69 Å². The highest BCUT2D eigenvalue weighted by molar-refractivity contribution is 5.54. The van der Waals surface area contributed by atoms with Crippen molar-refractivity contribution in [2.75, 3.05) is 51.3 Å². The molecule has 0 aromatic heterocycles. The number of nitro benzene ring substituents is 1. The van der Waals surface area contributed by atoms with Gasteiger partial charge in [-0.15, -0.1) is 0 Å². The normalized spacial score (nSPS) is 16.2. The monoisotopic (exact) mass is 301 g/mol. The first-order valence-corrected chi connectivity index (χ1v) is 6.62. The van der Waals surface area contributed by atoms with Gasteiger partial charge in [-0.25, -0.2) is 8.78 Å². The average Bonchev–Trinajstić information content (AvgIpc) is 2.45. The number of halogens is 2. The molecule has 1 aromatic carbocycles. The molecular formula is C13H17F2N3O3. The van der Waals surface area contributed by atoms with Gasteiger partial charge in [0.15, 0.2) is 11.6 Å². The van der Waals surface area contributed by atoms with E-state index in [1.807, 2.05) is 0 Å². The second kappa shape index (κ2) is 6.77. The van der Waals surface area contributed by atoms with Crippen molar-refractivity contribution in [3.8, 4) is 0 Å². The van der Waals surface area contributed by atoms with Crippen LogP contribution in [-0.4, -0.2) is 56.3 Å². The minimum Gasteiger partial charge on any atom is -0.383 e. The first-order valence-electron chi connectivity index (χ1n) is 6.62. The Morgan fingerprint density at radius 2 is 1.81 bits per heavy atom. The fourth-order valence-electron chi connectivity index (χ4n) is 2.38. The number of nitro groups is 1. The first kappa shape index (κ1) is 15.6. The van der Waals surface area contributed by atoms with E-state index in [1.165, 1.54) is 0 Å². The van der Waals surface area contributed by atoms with Gasteiger partial charge in [-0.2, -0.15) is 0 Å². The largest absolute Gasteiger partial charge is 0.383 e. The number of benzene rings is 1. The molecule has 6 nitrogen and oxygen atoms in total. The molecule has 21 heavy (non-hydrogen) atoms. The van der Waals surface area contributed by atoms with E-state index in [-0.39, 0.29) is 5.69 Å². The molecule has 1 heterocycles. The number of methoxy groups -OCH3 is 1. The molecule has 0 N–H and O–H groups in total. The van der Waals surface area contributed by atoms with Gasteiger partial charge in [-0.1, -0.05) is 0 Å². The molecule has 0 atom stereocenters. The zero-order chi connectivity index (χ0) is 15.4. The number of ether oxygens (including phenoxy) is 1. The molecule has 0 aliphatic carbocycles. The van der Waals surface area contributed by atoms with Crippen LogP contribution in [0.2, 0.25) is 0 Å². The summed E-state index contributed by atoms with van der Waals surface area (Å²) < 4.78 is 32.9. The van der Waals surface area contributed by atoms with Crippen LogP contribution in [0.5, 0.6) is 0 Å². The topological polar surface area (TPSA) is 58.8 Å². The van der Waals surface area contributed by atoms with E-state index in [0.717, 1.165) is 18.7 Å². The third-order valence-corrected chi connectivity index (χ3v) is 3.51. The van der Waals surface area contributed by atoms with E-state index in [9.17, 15) is 18.9 Å². The van der Waals surface area contributed by atoms with E-state index in [4.69, 9.17) is 4.74 Å². The number of rotatable bonds is 5. The summed E-state index contributed by atoms with van der Waals surface area (Å²) in [6.07, 6.45) is 0. The van der Waals surface area contributed by atoms with Gasteiger partial charge < -0.3 is 9.64 Å². The molecule has 1 fully saturated rings. The van der Waals surface area contributed by atoms with Crippen molar-refractivity contribution in [2.24, 2.45) is 0 Å². The third-order valence-electron chi connectivity index (χ3n) is 3.51. The number of hydrogen-bond acceptors (Lipinski definition) is 5. The predicted octanol–water partition coefficient (Wildman–Crippen LogP) is 1.64. The Labute approximate surface area is 121 Å². The molecule has 0 spiro atoms. The second-order valence-corrected chi connectivity index (χ2v) is 4.84. The molecule has 1 aliphatic heterocycles. The maximum absolute atomic E-state index is 13.9. The summed E-state index contributed by atoms with van der Waals surface area (Å²) in [5, 5.41) is 10.6. The van der Waals surface area contributed by atoms with Crippen LogP contribution in [0, 0.1) is 21.7 Å². The summed E-state index contributed by atoms with van der Waals surface area (Å²) in [6, 6.07) is 1.52. The van der Waals surface area contributed by atoms with Crippen LogP contribution in [0.25, 0.3) is 0 Å². The van der Waals surface area contributed by atoms with Crippen molar-refractivity contribution in [3.63, 3.8) is 0 Å². The number of piperazine rings is 1. The Morgan fingerprint density at radius 3 is 2.29 bits per heavy atom. The SMILES string of the molecule is COCCN1CCN(c2c(F)cc([N+](=O)[O-])cc2F)CC1. The Kier molecular flexibility index (Phi) is 5.03. The molecule has 8 heteroatoms. The van der Waals surface area contributed by atoms with Crippen LogP contribution in [0.3, 0.4) is 0 Å².